The van der Waals surface area contributed by atoms with Gasteiger partial charge in [0.05, 0.1) is 0 Å². The van der Waals surface area contributed by atoms with E-state index in [1.807, 2.05) is 40.4 Å². The van der Waals surface area contributed by atoms with Gasteiger partial charge in [0.2, 0.25) is 0 Å². The maximum atomic E-state index is 13.9. The third kappa shape index (κ3) is 4.37. The van der Waals surface area contributed by atoms with Crippen LogP contribution in [0.3, 0.4) is 0 Å². The number of aliphatic carboxylic acids is 1. The maximum absolute atomic E-state index is 13.9. The molecule has 0 saturated heterocycles. The molecular formula is C27H32N4O4. The van der Waals surface area contributed by atoms with E-state index in [0.717, 1.165) is 75.0 Å². The van der Waals surface area contributed by atoms with Crippen LogP contribution in [-0.2, 0) is 11.8 Å². The molecule has 8 heteroatoms. The molecule has 2 saturated carbocycles. The summed E-state index contributed by atoms with van der Waals surface area (Å²) in [5, 5.41) is 8.86. The summed E-state index contributed by atoms with van der Waals surface area (Å²) in [6, 6.07) is 7.39. The van der Waals surface area contributed by atoms with Crippen molar-refractivity contribution < 1.29 is 9.90 Å². The summed E-state index contributed by atoms with van der Waals surface area (Å²) in [4.78, 5) is 43.2. The number of hydrogen-bond acceptors (Lipinski definition) is 4. The second-order valence-electron chi connectivity index (χ2n) is 9.87. The number of rotatable bonds is 5. The van der Waals surface area contributed by atoms with E-state index < -0.39 is 5.97 Å². The first-order valence-corrected chi connectivity index (χ1v) is 12.7. The zero-order chi connectivity index (χ0) is 24.5. The van der Waals surface area contributed by atoms with Crippen molar-refractivity contribution in [2.24, 2.45) is 7.05 Å². The average molecular weight is 477 g/mol. The van der Waals surface area contributed by atoms with E-state index in [0.29, 0.717) is 17.0 Å². The van der Waals surface area contributed by atoms with Crippen LogP contribution in [0.1, 0.15) is 81.9 Å². The minimum absolute atomic E-state index is 0.0613. The molecule has 2 aliphatic carbocycles. The first kappa shape index (κ1) is 23.3. The Morgan fingerprint density at radius 1 is 0.914 bits per heavy atom. The van der Waals surface area contributed by atoms with Gasteiger partial charge in [-0.05, 0) is 37.3 Å². The number of imidazole rings is 1. The summed E-state index contributed by atoms with van der Waals surface area (Å²) < 4.78 is 5.25. The monoisotopic (exact) mass is 476 g/mol. The molecule has 1 N–H and O–H groups in total. The molecule has 1 aromatic carbocycles. The summed E-state index contributed by atoms with van der Waals surface area (Å²) in [5.41, 5.74) is 2.05. The van der Waals surface area contributed by atoms with Crippen LogP contribution in [0.25, 0.3) is 28.6 Å². The summed E-state index contributed by atoms with van der Waals surface area (Å²) in [7, 11) is 1.87. The number of carboxylic acids is 1. The van der Waals surface area contributed by atoms with Crippen LogP contribution in [0.4, 0.5) is 0 Å². The molecule has 2 aliphatic rings. The highest BCUT2D eigenvalue weighted by molar-refractivity contribution is 5.85. The highest BCUT2D eigenvalue weighted by Crippen LogP contribution is 2.32. The fourth-order valence-electron chi connectivity index (χ4n) is 5.82. The summed E-state index contributed by atoms with van der Waals surface area (Å²) in [6.07, 6.45) is 12.8. The SMILES string of the molecule is Cn1c(-c2ccc(/C=C/C(=O)O)cc2)nc2c(=O)n(C3CCCCC3)c(=O)n(C3CCCCC3)c21. The highest BCUT2D eigenvalue weighted by atomic mass is 16.4. The summed E-state index contributed by atoms with van der Waals surface area (Å²) >= 11 is 0. The molecule has 35 heavy (non-hydrogen) atoms. The molecule has 0 bridgehead atoms. The van der Waals surface area contributed by atoms with Gasteiger partial charge in [-0.3, -0.25) is 13.9 Å². The molecule has 2 aromatic heterocycles. The predicted octanol–water partition coefficient (Wildman–Crippen LogP) is 4.67. The van der Waals surface area contributed by atoms with Crippen LogP contribution < -0.4 is 11.2 Å². The number of hydrogen-bond donors (Lipinski definition) is 1. The smallest absolute Gasteiger partial charge is 0.333 e. The number of aryl methyl sites for hydroxylation is 1. The maximum Gasteiger partial charge on any atom is 0.333 e. The number of carbonyl (C=O) groups is 1. The molecule has 0 spiro atoms. The molecule has 0 radical (unpaired) electrons. The lowest BCUT2D eigenvalue weighted by Crippen LogP contribution is -2.44. The van der Waals surface area contributed by atoms with Crippen LogP contribution in [0.5, 0.6) is 0 Å². The number of nitrogens with zero attached hydrogens (tertiary/aromatic N) is 4. The zero-order valence-corrected chi connectivity index (χ0v) is 20.2. The van der Waals surface area contributed by atoms with Gasteiger partial charge in [0.15, 0.2) is 11.2 Å². The second-order valence-corrected chi connectivity index (χ2v) is 9.87. The average Bonchev–Trinajstić information content (AvgIpc) is 3.22. The van der Waals surface area contributed by atoms with Gasteiger partial charge in [0.1, 0.15) is 5.82 Å². The number of benzene rings is 1. The standard InChI is InChI=1S/C27H32N4O4/c1-29-24(19-15-12-18(13-16-19)14-17-22(32)33)28-23-25(29)30(20-8-4-2-5-9-20)27(35)31(26(23)34)21-10-6-3-7-11-21/h12-17,20-21H,2-11H2,1H3,(H,32,33)/b17-14+. The fourth-order valence-corrected chi connectivity index (χ4v) is 5.82. The van der Waals surface area contributed by atoms with E-state index in [1.54, 1.807) is 0 Å². The van der Waals surface area contributed by atoms with Gasteiger partial charge >= 0.3 is 11.7 Å². The Morgan fingerprint density at radius 2 is 1.49 bits per heavy atom. The van der Waals surface area contributed by atoms with Crippen LogP contribution in [0, 0.1) is 0 Å². The van der Waals surface area contributed by atoms with Crippen molar-refractivity contribution in [3.05, 3.63) is 56.7 Å². The third-order valence-electron chi connectivity index (χ3n) is 7.59. The molecule has 0 amide bonds. The Balaban J connectivity index is 1.69. The first-order chi connectivity index (χ1) is 17.0. The lowest BCUT2D eigenvalue weighted by atomic mass is 9.94. The molecule has 0 unspecified atom stereocenters. The normalized spacial score (nSPS) is 18.0. The van der Waals surface area contributed by atoms with E-state index in [2.05, 4.69) is 0 Å². The lowest BCUT2D eigenvalue weighted by Gasteiger charge is -2.28. The van der Waals surface area contributed by atoms with E-state index in [1.165, 1.54) is 17.1 Å². The zero-order valence-electron chi connectivity index (χ0n) is 20.2. The highest BCUT2D eigenvalue weighted by Gasteiger charge is 2.29. The van der Waals surface area contributed by atoms with Crippen molar-refractivity contribution >= 4 is 23.2 Å². The molecule has 184 valence electrons. The van der Waals surface area contributed by atoms with Gasteiger partial charge in [0, 0.05) is 30.8 Å². The van der Waals surface area contributed by atoms with Crippen molar-refractivity contribution in [3.63, 3.8) is 0 Å². The molecule has 2 fully saturated rings. The van der Waals surface area contributed by atoms with E-state index in [4.69, 9.17) is 10.1 Å². The van der Waals surface area contributed by atoms with E-state index in [-0.39, 0.29) is 23.3 Å². The molecule has 8 nitrogen and oxygen atoms in total. The molecule has 0 atom stereocenters. The predicted molar refractivity (Wildman–Crippen MR) is 136 cm³/mol. The minimum Gasteiger partial charge on any atom is -0.478 e. The Hall–Kier alpha value is -3.42. The minimum atomic E-state index is -1.00. The van der Waals surface area contributed by atoms with Crippen LogP contribution in [0.15, 0.2) is 39.9 Å². The summed E-state index contributed by atoms with van der Waals surface area (Å²) in [5.74, 6) is -0.379. The van der Waals surface area contributed by atoms with Gasteiger partial charge in [-0.1, -0.05) is 62.8 Å². The Bertz CT molecular complexity index is 1380. The van der Waals surface area contributed by atoms with Gasteiger partial charge in [-0.15, -0.1) is 0 Å². The first-order valence-electron chi connectivity index (χ1n) is 12.7. The fraction of sp³-hybridized carbons (Fsp3) is 0.481. The quantitative estimate of drug-likeness (QED) is 0.540. The molecule has 3 aromatic rings. The second kappa shape index (κ2) is 9.68. The third-order valence-corrected chi connectivity index (χ3v) is 7.59. The number of aromatic nitrogens is 4. The van der Waals surface area contributed by atoms with E-state index >= 15 is 0 Å². The van der Waals surface area contributed by atoms with Gasteiger partial charge in [-0.2, -0.15) is 0 Å². The van der Waals surface area contributed by atoms with Crippen molar-refractivity contribution in [3.8, 4) is 11.4 Å². The van der Waals surface area contributed by atoms with Crippen molar-refractivity contribution in [1.29, 1.82) is 0 Å². The molecule has 2 heterocycles. The number of fused-ring (bicyclic) bond motifs is 1. The Morgan fingerprint density at radius 3 is 2.06 bits per heavy atom. The van der Waals surface area contributed by atoms with Crippen molar-refractivity contribution in [2.75, 3.05) is 0 Å². The van der Waals surface area contributed by atoms with Gasteiger partial charge in [-0.25, -0.2) is 14.6 Å². The number of carboxylic acid groups (broad SMARTS) is 1. The Labute approximate surface area is 203 Å². The molecule has 0 aliphatic heterocycles. The van der Waals surface area contributed by atoms with Gasteiger partial charge < -0.3 is 9.67 Å². The van der Waals surface area contributed by atoms with Crippen LogP contribution in [-0.4, -0.2) is 29.8 Å². The van der Waals surface area contributed by atoms with Crippen LogP contribution in [0.2, 0.25) is 0 Å². The van der Waals surface area contributed by atoms with Crippen LogP contribution >= 0.6 is 0 Å². The summed E-state index contributed by atoms with van der Waals surface area (Å²) in [6.45, 7) is 0. The Kier molecular flexibility index (Phi) is 6.45. The molecule has 5 rings (SSSR count). The molecular weight excluding hydrogens is 444 g/mol. The lowest BCUT2D eigenvalue weighted by molar-refractivity contribution is -0.131. The van der Waals surface area contributed by atoms with Crippen molar-refractivity contribution in [2.45, 2.75) is 76.3 Å². The largest absolute Gasteiger partial charge is 0.478 e. The topological polar surface area (TPSA) is 99.1 Å². The van der Waals surface area contributed by atoms with Crippen molar-refractivity contribution in [1.82, 2.24) is 18.7 Å². The van der Waals surface area contributed by atoms with Gasteiger partial charge in [0.25, 0.3) is 5.56 Å². The van der Waals surface area contributed by atoms with E-state index in [9.17, 15) is 14.4 Å².